The van der Waals surface area contributed by atoms with Crippen molar-refractivity contribution in [1.82, 2.24) is 13.6 Å². The number of carbonyl (C=O) groups is 1. The van der Waals surface area contributed by atoms with Crippen molar-refractivity contribution in [3.05, 3.63) is 47.9 Å². The van der Waals surface area contributed by atoms with Gasteiger partial charge in [0.1, 0.15) is 5.82 Å². The molecule has 2 aromatic rings. The van der Waals surface area contributed by atoms with Crippen molar-refractivity contribution in [2.75, 3.05) is 32.5 Å². The highest BCUT2D eigenvalue weighted by Gasteiger charge is 2.24. The van der Waals surface area contributed by atoms with Gasteiger partial charge < -0.3 is 9.15 Å². The third-order valence-corrected chi connectivity index (χ3v) is 5.17. The van der Waals surface area contributed by atoms with Crippen molar-refractivity contribution in [1.29, 1.82) is 0 Å². The number of hydrogen-bond donors (Lipinski definition) is 1. The van der Waals surface area contributed by atoms with Gasteiger partial charge in [0.15, 0.2) is 18.8 Å². The minimum atomic E-state index is -0.674. The van der Waals surface area contributed by atoms with Crippen molar-refractivity contribution in [2.45, 2.75) is 25.4 Å². The summed E-state index contributed by atoms with van der Waals surface area (Å²) in [6.07, 6.45) is 3.86. The Balaban J connectivity index is 1.52. The number of hydrogen-bond acceptors (Lipinski definition) is 7. The van der Waals surface area contributed by atoms with Crippen LogP contribution in [0.5, 0.6) is 0 Å². The molecule has 27 heavy (non-hydrogen) atoms. The summed E-state index contributed by atoms with van der Waals surface area (Å²) in [7, 11) is 4.03. The van der Waals surface area contributed by atoms with E-state index in [9.17, 15) is 9.18 Å². The molecule has 1 N–H and O–H groups in total. The number of benzene rings is 1. The Bertz CT molecular complexity index is 749. The second kappa shape index (κ2) is 9.20. The fourth-order valence-electron chi connectivity index (χ4n) is 3.02. The Morgan fingerprint density at radius 1 is 1.44 bits per heavy atom. The summed E-state index contributed by atoms with van der Waals surface area (Å²) in [5.74, 6) is 0.323. The van der Waals surface area contributed by atoms with Gasteiger partial charge in [-0.05, 0) is 50.6 Å². The smallest absolute Gasteiger partial charge is 0.412 e. The number of ether oxygens (including phenoxy) is 1. The van der Waals surface area contributed by atoms with Crippen LogP contribution in [0.1, 0.15) is 30.1 Å². The predicted octanol–water partition coefficient (Wildman–Crippen LogP) is 3.87. The van der Waals surface area contributed by atoms with Crippen LogP contribution in [-0.2, 0) is 11.3 Å². The molecule has 2 heterocycles. The molecule has 9 heteroatoms. The van der Waals surface area contributed by atoms with Gasteiger partial charge in [-0.3, -0.25) is 5.32 Å². The topological polar surface area (TPSA) is 70.8 Å². The van der Waals surface area contributed by atoms with Crippen LogP contribution in [0.15, 0.2) is 35.2 Å². The van der Waals surface area contributed by atoms with Crippen molar-refractivity contribution in [3.8, 4) is 0 Å². The molecule has 0 unspecified atom stereocenters. The zero-order valence-electron chi connectivity index (χ0n) is 15.4. The lowest BCUT2D eigenvalue weighted by Crippen LogP contribution is -2.30. The quantitative estimate of drug-likeness (QED) is 0.746. The lowest BCUT2D eigenvalue weighted by Gasteiger charge is -2.32. The summed E-state index contributed by atoms with van der Waals surface area (Å²) in [6.45, 7) is 1.80. The van der Waals surface area contributed by atoms with E-state index < -0.39 is 6.09 Å². The van der Waals surface area contributed by atoms with Crippen LogP contribution in [0.25, 0.3) is 0 Å². The first kappa shape index (κ1) is 19.7. The summed E-state index contributed by atoms with van der Waals surface area (Å²) in [4.78, 5) is 15.5. The van der Waals surface area contributed by atoms with Gasteiger partial charge in [0.25, 0.3) is 0 Å². The molecule has 3 rings (SSSR count). The highest BCUT2D eigenvalue weighted by atomic mass is 32.2. The molecule has 1 aromatic heterocycles. The molecular formula is C18H23FN4O3S. The number of carbonyl (C=O) groups excluding carboxylic acids is 1. The number of nitrogens with zero attached hydrogens (tertiary/aromatic N) is 3. The zero-order valence-corrected chi connectivity index (χ0v) is 16.2. The van der Waals surface area contributed by atoms with Crippen molar-refractivity contribution >= 4 is 23.9 Å². The Morgan fingerprint density at radius 3 is 2.85 bits per heavy atom. The Kier molecular flexibility index (Phi) is 6.70. The number of piperidine rings is 1. The van der Waals surface area contributed by atoms with E-state index in [1.54, 1.807) is 24.3 Å². The molecule has 0 bridgehead atoms. The summed E-state index contributed by atoms with van der Waals surface area (Å²) in [5.41, 5.74) is 1.06. The Morgan fingerprint density at radius 2 is 2.22 bits per heavy atom. The molecular weight excluding hydrogens is 371 g/mol. The van der Waals surface area contributed by atoms with Gasteiger partial charge in [0.2, 0.25) is 0 Å². The standard InChI is InChI=1S/C18H23FN4O3S/c1-22(2)27-23-7-5-13(6-8-23)16-4-3-14(9-17(16)19)21-18(24)25-11-15-10-20-12-26-15/h3-4,9-10,12-13H,5-8,11H2,1-2H3,(H,21,24). The monoisotopic (exact) mass is 394 g/mol. The van der Waals surface area contributed by atoms with E-state index in [1.807, 2.05) is 14.1 Å². The fraction of sp³-hybridized carbons (Fsp3) is 0.444. The van der Waals surface area contributed by atoms with Crippen molar-refractivity contribution in [2.24, 2.45) is 0 Å². The molecule has 1 aliphatic rings. The molecule has 0 aliphatic carbocycles. The minimum Gasteiger partial charge on any atom is -0.445 e. The van der Waals surface area contributed by atoms with Crippen LogP contribution >= 0.6 is 12.1 Å². The first-order valence-corrected chi connectivity index (χ1v) is 9.45. The fourth-order valence-corrected chi connectivity index (χ4v) is 3.86. The number of oxazole rings is 1. The molecule has 0 spiro atoms. The van der Waals surface area contributed by atoms with Gasteiger partial charge in [-0.15, -0.1) is 0 Å². The SMILES string of the molecule is CN(C)SN1CCC(c2ccc(NC(=O)OCc3cnco3)cc2F)CC1. The number of anilines is 1. The third kappa shape index (κ3) is 5.69. The number of halogens is 1. The lowest BCUT2D eigenvalue weighted by atomic mass is 9.90. The molecule has 1 aromatic carbocycles. The highest BCUT2D eigenvalue weighted by molar-refractivity contribution is 7.94. The summed E-state index contributed by atoms with van der Waals surface area (Å²) < 4.78 is 28.9. The average Bonchev–Trinajstić information content (AvgIpc) is 3.14. The molecule has 0 saturated carbocycles. The summed E-state index contributed by atoms with van der Waals surface area (Å²) in [6, 6.07) is 4.79. The number of nitrogens with one attached hydrogen (secondary N) is 1. The number of aromatic nitrogens is 1. The van der Waals surface area contributed by atoms with Gasteiger partial charge >= 0.3 is 6.09 Å². The Hall–Kier alpha value is -2.10. The number of amides is 1. The largest absolute Gasteiger partial charge is 0.445 e. The van der Waals surface area contributed by atoms with E-state index in [1.165, 1.54) is 18.7 Å². The van der Waals surface area contributed by atoms with E-state index in [4.69, 9.17) is 9.15 Å². The Labute approximate surface area is 162 Å². The van der Waals surface area contributed by atoms with E-state index in [0.717, 1.165) is 25.9 Å². The van der Waals surface area contributed by atoms with Gasteiger partial charge in [0.05, 0.1) is 6.20 Å². The van der Waals surface area contributed by atoms with Crippen molar-refractivity contribution in [3.63, 3.8) is 0 Å². The van der Waals surface area contributed by atoms with Crippen LogP contribution in [-0.4, -0.2) is 46.9 Å². The molecule has 1 saturated heterocycles. The lowest BCUT2D eigenvalue weighted by molar-refractivity contribution is 0.146. The van der Waals surface area contributed by atoms with Gasteiger partial charge in [-0.25, -0.2) is 22.8 Å². The van der Waals surface area contributed by atoms with E-state index >= 15 is 0 Å². The molecule has 0 atom stereocenters. The normalized spacial score (nSPS) is 15.9. The second-order valence-corrected chi connectivity index (χ2v) is 7.91. The van der Waals surface area contributed by atoms with Crippen molar-refractivity contribution < 1.29 is 18.3 Å². The van der Waals surface area contributed by atoms with E-state index in [0.29, 0.717) is 17.0 Å². The van der Waals surface area contributed by atoms with Crippen LogP contribution in [0.2, 0.25) is 0 Å². The van der Waals surface area contributed by atoms with Gasteiger partial charge in [-0.1, -0.05) is 6.07 Å². The van der Waals surface area contributed by atoms with E-state index in [2.05, 4.69) is 18.9 Å². The van der Waals surface area contributed by atoms with Crippen LogP contribution in [0.3, 0.4) is 0 Å². The molecule has 7 nitrogen and oxygen atoms in total. The van der Waals surface area contributed by atoms with Gasteiger partial charge in [-0.2, -0.15) is 0 Å². The first-order chi connectivity index (χ1) is 13.0. The average molecular weight is 394 g/mol. The summed E-state index contributed by atoms with van der Waals surface area (Å²) in [5, 5.41) is 2.52. The number of rotatable bonds is 6. The van der Waals surface area contributed by atoms with Gasteiger partial charge in [0, 0.05) is 30.9 Å². The third-order valence-electron chi connectivity index (χ3n) is 4.25. The second-order valence-electron chi connectivity index (χ2n) is 6.50. The van der Waals surface area contributed by atoms with E-state index in [-0.39, 0.29) is 18.3 Å². The van der Waals surface area contributed by atoms with Crippen LogP contribution < -0.4 is 5.32 Å². The maximum Gasteiger partial charge on any atom is 0.412 e. The van der Waals surface area contributed by atoms with Crippen LogP contribution in [0.4, 0.5) is 14.9 Å². The zero-order chi connectivity index (χ0) is 19.2. The highest BCUT2D eigenvalue weighted by Crippen LogP contribution is 2.33. The maximum absolute atomic E-state index is 14.6. The molecule has 0 radical (unpaired) electrons. The predicted molar refractivity (Wildman–Crippen MR) is 102 cm³/mol. The molecule has 146 valence electrons. The first-order valence-electron chi connectivity index (χ1n) is 8.72. The molecule has 1 amide bonds. The van der Waals surface area contributed by atoms with Crippen LogP contribution in [0, 0.1) is 5.82 Å². The maximum atomic E-state index is 14.6. The summed E-state index contributed by atoms with van der Waals surface area (Å²) >= 11 is 1.69. The molecule has 1 aliphatic heterocycles. The molecule has 1 fully saturated rings. The minimum absolute atomic E-state index is 0.0318.